The quantitative estimate of drug-likeness (QED) is 0.211. The maximum atomic E-state index is 12.5. The third-order valence-electron chi connectivity index (χ3n) is 3.91. The number of nitroso groups, excluding NO2 is 1. The highest BCUT2D eigenvalue weighted by Crippen LogP contribution is 2.30. The van der Waals surface area contributed by atoms with Crippen LogP contribution >= 0.6 is 0 Å². The number of aldehydes is 1. The van der Waals surface area contributed by atoms with Gasteiger partial charge in [-0.25, -0.2) is 4.79 Å². The van der Waals surface area contributed by atoms with Crippen molar-refractivity contribution in [3.05, 3.63) is 34.7 Å². The summed E-state index contributed by atoms with van der Waals surface area (Å²) < 4.78 is 21.2. The molecule has 9 heteroatoms. The molecule has 0 aromatic heterocycles. The van der Waals surface area contributed by atoms with Crippen molar-refractivity contribution >= 4 is 18.2 Å². The van der Waals surface area contributed by atoms with E-state index in [1.807, 2.05) is 0 Å². The van der Waals surface area contributed by atoms with Gasteiger partial charge in [-0.1, -0.05) is 12.1 Å². The highest BCUT2D eigenvalue weighted by Gasteiger charge is 2.39. The molecule has 1 aliphatic rings. The van der Waals surface area contributed by atoms with Gasteiger partial charge in [-0.05, 0) is 17.3 Å². The molecule has 1 aliphatic heterocycles. The Morgan fingerprint density at radius 1 is 1.30 bits per heavy atom. The standard InChI is InChI=1S/C18H21NO8/c1-13(21)25-15-6-3-2-5-14(15)17(22)26-16(7-4-10-20)27-18(19-23)8-11-24-12-9-18/h2-3,5-6,10,16H,4,7-9,11-12H2,1H3. The number of nitrogens with zero attached hydrogens (tertiary/aromatic N) is 1. The Hall–Kier alpha value is -2.65. The summed E-state index contributed by atoms with van der Waals surface area (Å²) in [5.41, 5.74) is -1.35. The van der Waals surface area contributed by atoms with Crippen molar-refractivity contribution in [1.82, 2.24) is 0 Å². The average Bonchev–Trinajstić information content (AvgIpc) is 2.66. The Morgan fingerprint density at radius 2 is 2.00 bits per heavy atom. The first kappa shape index (κ1) is 20.7. The third kappa shape index (κ3) is 5.93. The number of carbonyl (C=O) groups is 3. The molecule has 0 N–H and O–H groups in total. The molecule has 0 radical (unpaired) electrons. The largest absolute Gasteiger partial charge is 0.432 e. The molecule has 0 saturated carbocycles. The molecule has 1 aromatic rings. The minimum atomic E-state index is -1.37. The summed E-state index contributed by atoms with van der Waals surface area (Å²) in [6.45, 7) is 1.79. The minimum absolute atomic E-state index is 0.0208. The van der Waals surface area contributed by atoms with Crippen molar-refractivity contribution in [2.75, 3.05) is 13.2 Å². The van der Waals surface area contributed by atoms with Gasteiger partial charge in [-0.15, -0.1) is 4.91 Å². The predicted octanol–water partition coefficient (Wildman–Crippen LogP) is 2.36. The molecule has 1 unspecified atom stereocenters. The van der Waals surface area contributed by atoms with E-state index in [2.05, 4.69) is 5.18 Å². The fourth-order valence-electron chi connectivity index (χ4n) is 2.57. The zero-order valence-electron chi connectivity index (χ0n) is 14.9. The molecule has 1 atom stereocenters. The summed E-state index contributed by atoms with van der Waals surface area (Å²) in [7, 11) is 0. The van der Waals surface area contributed by atoms with Crippen LogP contribution in [-0.4, -0.2) is 43.5 Å². The summed E-state index contributed by atoms with van der Waals surface area (Å²) in [5.74, 6) is -1.36. The fourth-order valence-corrected chi connectivity index (χ4v) is 2.57. The summed E-state index contributed by atoms with van der Waals surface area (Å²) in [6, 6.07) is 6.06. The van der Waals surface area contributed by atoms with Crippen LogP contribution in [0, 0.1) is 4.91 Å². The number of rotatable bonds is 9. The number of carbonyl (C=O) groups excluding carboxylic acids is 3. The molecule has 1 aromatic carbocycles. The highest BCUT2D eigenvalue weighted by atomic mass is 16.7. The first-order valence-corrected chi connectivity index (χ1v) is 8.52. The number of hydrogen-bond acceptors (Lipinski definition) is 9. The number of hydrogen-bond donors (Lipinski definition) is 0. The molecule has 27 heavy (non-hydrogen) atoms. The van der Waals surface area contributed by atoms with Gasteiger partial charge in [-0.2, -0.15) is 0 Å². The lowest BCUT2D eigenvalue weighted by Gasteiger charge is -2.33. The van der Waals surface area contributed by atoms with Crippen LogP contribution in [0.25, 0.3) is 0 Å². The number of ether oxygens (including phenoxy) is 4. The molecule has 0 spiro atoms. The van der Waals surface area contributed by atoms with Gasteiger partial charge >= 0.3 is 11.9 Å². The van der Waals surface area contributed by atoms with Crippen molar-refractivity contribution in [1.29, 1.82) is 0 Å². The zero-order chi connectivity index (χ0) is 19.7. The predicted molar refractivity (Wildman–Crippen MR) is 91.9 cm³/mol. The van der Waals surface area contributed by atoms with Crippen LogP contribution in [-0.2, 0) is 23.8 Å². The van der Waals surface area contributed by atoms with Crippen molar-refractivity contribution in [3.63, 3.8) is 0 Å². The van der Waals surface area contributed by atoms with E-state index < -0.39 is 24.0 Å². The van der Waals surface area contributed by atoms with Gasteiger partial charge in [0.2, 0.25) is 12.0 Å². The van der Waals surface area contributed by atoms with Crippen LogP contribution in [0.4, 0.5) is 0 Å². The van der Waals surface area contributed by atoms with Crippen LogP contribution < -0.4 is 4.74 Å². The Labute approximate surface area is 155 Å². The Kier molecular flexibility index (Phi) is 7.56. The van der Waals surface area contributed by atoms with Crippen LogP contribution in [0.5, 0.6) is 5.75 Å². The van der Waals surface area contributed by atoms with Crippen molar-refractivity contribution < 1.29 is 33.3 Å². The van der Waals surface area contributed by atoms with Crippen molar-refractivity contribution in [3.8, 4) is 5.75 Å². The van der Waals surface area contributed by atoms with Crippen LogP contribution in [0.15, 0.2) is 29.4 Å². The summed E-state index contributed by atoms with van der Waals surface area (Å²) >= 11 is 0. The maximum absolute atomic E-state index is 12.5. The van der Waals surface area contributed by atoms with E-state index in [0.717, 1.165) is 0 Å². The number of benzene rings is 1. The van der Waals surface area contributed by atoms with E-state index in [1.165, 1.54) is 19.1 Å². The second kappa shape index (κ2) is 9.89. The van der Waals surface area contributed by atoms with Crippen molar-refractivity contribution in [2.45, 2.75) is 44.6 Å². The topological polar surface area (TPSA) is 118 Å². The Bertz CT molecular complexity index is 684. The van der Waals surface area contributed by atoms with Gasteiger partial charge in [0.1, 0.15) is 17.6 Å². The van der Waals surface area contributed by atoms with E-state index in [9.17, 15) is 19.3 Å². The van der Waals surface area contributed by atoms with E-state index >= 15 is 0 Å². The second-order valence-electron chi connectivity index (χ2n) is 5.94. The molecule has 1 fully saturated rings. The lowest BCUT2D eigenvalue weighted by atomic mass is 10.1. The van der Waals surface area contributed by atoms with Crippen LogP contribution in [0.1, 0.15) is 43.0 Å². The first-order chi connectivity index (χ1) is 13.0. The second-order valence-corrected chi connectivity index (χ2v) is 5.94. The van der Waals surface area contributed by atoms with E-state index in [1.54, 1.807) is 12.1 Å². The molecule has 1 saturated heterocycles. The SMILES string of the molecule is CC(=O)Oc1ccccc1C(=O)OC(CCC=O)OC1(N=O)CCOCC1. The van der Waals surface area contributed by atoms with Gasteiger partial charge in [-0.3, -0.25) is 4.79 Å². The molecule has 0 bridgehead atoms. The smallest absolute Gasteiger partial charge is 0.344 e. The van der Waals surface area contributed by atoms with Gasteiger partial charge < -0.3 is 23.7 Å². The zero-order valence-corrected chi connectivity index (χ0v) is 14.9. The third-order valence-corrected chi connectivity index (χ3v) is 3.91. The minimum Gasteiger partial charge on any atom is -0.432 e. The van der Waals surface area contributed by atoms with Crippen molar-refractivity contribution in [2.24, 2.45) is 5.18 Å². The Balaban J connectivity index is 2.15. The highest BCUT2D eigenvalue weighted by molar-refractivity contribution is 5.93. The van der Waals surface area contributed by atoms with Gasteiger partial charge in [0.15, 0.2) is 0 Å². The van der Waals surface area contributed by atoms with Gasteiger partial charge in [0.25, 0.3) is 0 Å². The summed E-state index contributed by atoms with van der Waals surface area (Å²) in [6.07, 6.45) is 0.0506. The van der Waals surface area contributed by atoms with Crippen LogP contribution in [0.2, 0.25) is 0 Å². The number of para-hydroxylation sites is 1. The molecule has 2 rings (SSSR count). The fraction of sp³-hybridized carbons (Fsp3) is 0.500. The van der Waals surface area contributed by atoms with Gasteiger partial charge in [0.05, 0.1) is 13.2 Å². The first-order valence-electron chi connectivity index (χ1n) is 8.52. The molecule has 9 nitrogen and oxygen atoms in total. The molecule has 1 heterocycles. The lowest BCUT2D eigenvalue weighted by molar-refractivity contribution is -0.210. The number of esters is 2. The molecule has 146 valence electrons. The Morgan fingerprint density at radius 3 is 2.63 bits per heavy atom. The van der Waals surface area contributed by atoms with E-state index in [4.69, 9.17) is 18.9 Å². The molecular weight excluding hydrogens is 358 g/mol. The van der Waals surface area contributed by atoms with Crippen LogP contribution in [0.3, 0.4) is 0 Å². The molecule has 0 amide bonds. The van der Waals surface area contributed by atoms with E-state index in [-0.39, 0.29) is 50.2 Å². The monoisotopic (exact) mass is 379 g/mol. The molecule has 0 aliphatic carbocycles. The summed E-state index contributed by atoms with van der Waals surface area (Å²) in [4.78, 5) is 45.8. The van der Waals surface area contributed by atoms with Gasteiger partial charge in [0, 0.05) is 32.6 Å². The normalized spacial score (nSPS) is 16.8. The molecular formula is C18H21NO8. The van der Waals surface area contributed by atoms with E-state index in [0.29, 0.717) is 6.29 Å². The summed E-state index contributed by atoms with van der Waals surface area (Å²) in [5, 5.41) is 3.06. The maximum Gasteiger partial charge on any atom is 0.344 e. The lowest BCUT2D eigenvalue weighted by Crippen LogP contribution is -2.41. The average molecular weight is 379 g/mol.